The molecular weight excluding hydrogens is 219 g/mol. The Morgan fingerprint density at radius 3 is 2.25 bits per heavy atom. The molecule has 0 radical (unpaired) electrons. The second-order valence-corrected chi connectivity index (χ2v) is 3.19. The molecule has 0 fully saturated rings. The van der Waals surface area contributed by atoms with E-state index in [1.807, 2.05) is 0 Å². The molecule has 1 aromatic carbocycles. The molecule has 5 heteroatoms. The van der Waals surface area contributed by atoms with Gasteiger partial charge in [0.2, 0.25) is 5.91 Å². The lowest BCUT2D eigenvalue weighted by atomic mass is 10.1. The Labute approximate surface area is 90.6 Å². The summed E-state index contributed by atoms with van der Waals surface area (Å²) < 4.78 is 36.6. The van der Waals surface area contributed by atoms with Crippen molar-refractivity contribution in [2.45, 2.75) is 12.6 Å². The normalized spacial score (nSPS) is 11.9. The molecule has 1 rings (SSSR count). The van der Waals surface area contributed by atoms with Gasteiger partial charge in [-0.15, -0.1) is 0 Å². The van der Waals surface area contributed by atoms with Gasteiger partial charge in [0.25, 0.3) is 0 Å². The summed E-state index contributed by atoms with van der Waals surface area (Å²) in [5.41, 5.74) is 4.80. The van der Waals surface area contributed by atoms with E-state index in [0.717, 1.165) is 12.1 Å². The third-order valence-electron chi connectivity index (χ3n) is 1.87. The first-order valence-electron chi connectivity index (χ1n) is 4.51. The molecule has 0 aliphatic rings. The summed E-state index contributed by atoms with van der Waals surface area (Å²) >= 11 is 0. The van der Waals surface area contributed by atoms with Crippen molar-refractivity contribution < 1.29 is 18.0 Å². The van der Waals surface area contributed by atoms with Crippen LogP contribution in [0.5, 0.6) is 0 Å². The van der Waals surface area contributed by atoms with Crippen molar-refractivity contribution in [1.82, 2.24) is 0 Å². The third kappa shape index (κ3) is 3.76. The smallest absolute Gasteiger partial charge is 0.369 e. The number of carbonyl (C=O) groups is 1. The van der Waals surface area contributed by atoms with Crippen molar-refractivity contribution in [3.05, 3.63) is 41.5 Å². The van der Waals surface area contributed by atoms with Gasteiger partial charge in [-0.1, -0.05) is 24.3 Å². The Kier molecular flexibility index (Phi) is 3.71. The van der Waals surface area contributed by atoms with Crippen LogP contribution in [-0.2, 0) is 11.0 Å². The number of nitrogens with two attached hydrogens (primary N) is 1. The summed E-state index contributed by atoms with van der Waals surface area (Å²) in [6.07, 6.45) is -1.20. The van der Waals surface area contributed by atoms with Gasteiger partial charge in [-0.3, -0.25) is 4.79 Å². The minimum absolute atomic E-state index is 0.0705. The number of benzene rings is 1. The van der Waals surface area contributed by atoms with E-state index < -0.39 is 17.6 Å². The van der Waals surface area contributed by atoms with Crippen LogP contribution in [0.3, 0.4) is 0 Å². The summed E-state index contributed by atoms with van der Waals surface area (Å²) in [6.45, 7) is 0. The molecule has 0 atom stereocenters. The van der Waals surface area contributed by atoms with E-state index >= 15 is 0 Å². The first-order chi connectivity index (χ1) is 7.39. The fourth-order valence-corrected chi connectivity index (χ4v) is 1.09. The molecule has 86 valence electrons. The molecule has 0 saturated heterocycles. The van der Waals surface area contributed by atoms with E-state index in [1.54, 1.807) is 6.08 Å². The fourth-order valence-electron chi connectivity index (χ4n) is 1.09. The molecule has 0 heterocycles. The highest BCUT2D eigenvalue weighted by molar-refractivity contribution is 5.76. The maximum absolute atomic E-state index is 12.2. The number of rotatable bonds is 3. The average molecular weight is 229 g/mol. The number of hydrogen-bond donors (Lipinski definition) is 1. The summed E-state index contributed by atoms with van der Waals surface area (Å²) in [6, 6.07) is 4.65. The third-order valence-corrected chi connectivity index (χ3v) is 1.87. The second kappa shape index (κ2) is 4.83. The van der Waals surface area contributed by atoms with E-state index in [9.17, 15) is 18.0 Å². The molecule has 0 saturated carbocycles. The minimum atomic E-state index is -4.32. The van der Waals surface area contributed by atoms with Gasteiger partial charge in [0.1, 0.15) is 0 Å². The Bertz CT molecular complexity index is 393. The maximum atomic E-state index is 12.2. The van der Waals surface area contributed by atoms with Gasteiger partial charge in [0.05, 0.1) is 5.56 Å². The van der Waals surface area contributed by atoms with Crippen LogP contribution >= 0.6 is 0 Å². The van der Waals surface area contributed by atoms with E-state index in [1.165, 1.54) is 18.2 Å². The van der Waals surface area contributed by atoms with Crippen LogP contribution < -0.4 is 5.73 Å². The molecule has 2 N–H and O–H groups in total. The largest absolute Gasteiger partial charge is 0.416 e. The van der Waals surface area contributed by atoms with Crippen LogP contribution in [0.4, 0.5) is 13.2 Å². The number of carbonyl (C=O) groups excluding carboxylic acids is 1. The average Bonchev–Trinajstić information content (AvgIpc) is 2.16. The molecule has 0 aromatic heterocycles. The minimum Gasteiger partial charge on any atom is -0.369 e. The van der Waals surface area contributed by atoms with Gasteiger partial charge >= 0.3 is 6.18 Å². The summed E-state index contributed by atoms with van der Waals surface area (Å²) in [5, 5.41) is 0. The van der Waals surface area contributed by atoms with E-state index in [4.69, 9.17) is 5.73 Å². The molecule has 2 nitrogen and oxygen atoms in total. The van der Waals surface area contributed by atoms with Gasteiger partial charge in [-0.2, -0.15) is 13.2 Å². The highest BCUT2D eigenvalue weighted by Gasteiger charge is 2.29. The monoisotopic (exact) mass is 229 g/mol. The molecule has 0 bridgehead atoms. The van der Waals surface area contributed by atoms with Crippen molar-refractivity contribution in [2.24, 2.45) is 5.73 Å². The summed E-state index contributed by atoms with van der Waals surface area (Å²) in [4.78, 5) is 10.4. The lowest BCUT2D eigenvalue weighted by Gasteiger charge is -2.05. The zero-order chi connectivity index (χ0) is 12.2. The van der Waals surface area contributed by atoms with E-state index in [2.05, 4.69) is 0 Å². The summed E-state index contributed by atoms with van der Waals surface area (Å²) in [7, 11) is 0. The molecule has 1 aromatic rings. The lowest BCUT2D eigenvalue weighted by Crippen LogP contribution is -2.07. The van der Waals surface area contributed by atoms with Crippen LogP contribution in [0.25, 0.3) is 6.08 Å². The van der Waals surface area contributed by atoms with E-state index in [-0.39, 0.29) is 6.42 Å². The van der Waals surface area contributed by atoms with Crippen molar-refractivity contribution >= 4 is 12.0 Å². The molecule has 0 aliphatic heterocycles. The molecule has 16 heavy (non-hydrogen) atoms. The van der Waals surface area contributed by atoms with Crippen LogP contribution in [0, 0.1) is 0 Å². The molecule has 1 amide bonds. The summed E-state index contributed by atoms with van der Waals surface area (Å²) in [5.74, 6) is -0.483. The van der Waals surface area contributed by atoms with Crippen molar-refractivity contribution in [3.8, 4) is 0 Å². The van der Waals surface area contributed by atoms with Gasteiger partial charge in [0.15, 0.2) is 0 Å². The Morgan fingerprint density at radius 1 is 1.25 bits per heavy atom. The lowest BCUT2D eigenvalue weighted by molar-refractivity contribution is -0.137. The molecule has 0 aliphatic carbocycles. The second-order valence-electron chi connectivity index (χ2n) is 3.19. The molecule has 0 unspecified atom stereocenters. The Morgan fingerprint density at radius 2 is 1.81 bits per heavy atom. The van der Waals surface area contributed by atoms with Gasteiger partial charge in [-0.25, -0.2) is 0 Å². The van der Waals surface area contributed by atoms with Crippen molar-refractivity contribution in [1.29, 1.82) is 0 Å². The van der Waals surface area contributed by atoms with Crippen molar-refractivity contribution in [2.75, 3.05) is 0 Å². The van der Waals surface area contributed by atoms with E-state index in [0.29, 0.717) is 5.56 Å². The highest BCUT2D eigenvalue weighted by Crippen LogP contribution is 2.29. The number of amides is 1. The number of hydrogen-bond acceptors (Lipinski definition) is 1. The number of halogens is 3. The maximum Gasteiger partial charge on any atom is 0.416 e. The highest BCUT2D eigenvalue weighted by atomic mass is 19.4. The van der Waals surface area contributed by atoms with Crippen LogP contribution in [0.2, 0.25) is 0 Å². The van der Waals surface area contributed by atoms with Crippen LogP contribution in [-0.4, -0.2) is 5.91 Å². The quantitative estimate of drug-likeness (QED) is 0.850. The predicted molar refractivity (Wildman–Crippen MR) is 54.3 cm³/mol. The first-order valence-corrected chi connectivity index (χ1v) is 4.51. The molecular formula is C11H10F3NO. The fraction of sp³-hybridized carbons (Fsp3) is 0.182. The topological polar surface area (TPSA) is 43.1 Å². The number of primary amides is 1. The standard InChI is InChI=1S/C11H10F3NO/c12-11(13,14)9-6-4-8(5-7-9)2-1-3-10(15)16/h1-2,4-7H,3H2,(H2,15,16). The van der Waals surface area contributed by atoms with Crippen LogP contribution in [0.15, 0.2) is 30.3 Å². The Balaban J connectivity index is 2.72. The number of alkyl halides is 3. The first kappa shape index (κ1) is 12.3. The Hall–Kier alpha value is -1.78. The van der Waals surface area contributed by atoms with Gasteiger partial charge in [-0.05, 0) is 17.7 Å². The van der Waals surface area contributed by atoms with Crippen LogP contribution in [0.1, 0.15) is 17.5 Å². The SMILES string of the molecule is NC(=O)CC=Cc1ccc(C(F)(F)F)cc1. The van der Waals surface area contributed by atoms with Gasteiger partial charge in [0, 0.05) is 6.42 Å². The van der Waals surface area contributed by atoms with Gasteiger partial charge < -0.3 is 5.73 Å². The van der Waals surface area contributed by atoms with Crippen molar-refractivity contribution in [3.63, 3.8) is 0 Å². The molecule has 0 spiro atoms. The zero-order valence-corrected chi connectivity index (χ0v) is 8.29. The predicted octanol–water partition coefficient (Wildman–Crippen LogP) is 2.59. The zero-order valence-electron chi connectivity index (χ0n) is 8.29.